The largest absolute Gasteiger partial charge is 0.298 e. The van der Waals surface area contributed by atoms with Crippen LogP contribution in [-0.2, 0) is 0 Å². The van der Waals surface area contributed by atoms with Gasteiger partial charge in [-0.3, -0.25) is 35.2 Å². The summed E-state index contributed by atoms with van der Waals surface area (Å²) in [6.45, 7) is 0. The number of nitro groups is 1. The summed E-state index contributed by atoms with van der Waals surface area (Å²) in [5, 5.41) is 18.7. The highest BCUT2D eigenvalue weighted by Crippen LogP contribution is 2.31. The van der Waals surface area contributed by atoms with Gasteiger partial charge in [0.15, 0.2) is 11.3 Å². The number of nitrogens with one attached hydrogen (secondary N) is 2. The summed E-state index contributed by atoms with van der Waals surface area (Å²) >= 11 is 6.33. The van der Waals surface area contributed by atoms with Crippen molar-refractivity contribution < 1.29 is 9.72 Å². The number of fused-ring (bicyclic) bond motifs is 1. The van der Waals surface area contributed by atoms with Gasteiger partial charge >= 0.3 is 0 Å². The highest BCUT2D eigenvalue weighted by atomic mass is 35.5. The number of nitro benzene ring substituents is 1. The zero-order valence-corrected chi connectivity index (χ0v) is 18.4. The van der Waals surface area contributed by atoms with Crippen molar-refractivity contribution >= 4 is 34.2 Å². The Labute approximate surface area is 201 Å². The molecule has 172 valence electrons. The molecule has 0 saturated carbocycles. The number of halogens is 1. The molecule has 0 bridgehead atoms. The van der Waals surface area contributed by atoms with Gasteiger partial charge in [-0.2, -0.15) is 9.77 Å². The Morgan fingerprint density at radius 1 is 1.11 bits per heavy atom. The highest BCUT2D eigenvalue weighted by molar-refractivity contribution is 6.33. The lowest BCUT2D eigenvalue weighted by molar-refractivity contribution is -0.384. The Morgan fingerprint density at radius 2 is 1.94 bits per heavy atom. The molecule has 0 aliphatic heterocycles. The molecular formula is C23H14ClN7O4. The predicted molar refractivity (Wildman–Crippen MR) is 129 cm³/mol. The van der Waals surface area contributed by atoms with Gasteiger partial charge in [-0.1, -0.05) is 41.9 Å². The number of hydrogen-bond acceptors (Lipinski definition) is 7. The summed E-state index contributed by atoms with van der Waals surface area (Å²) in [6, 6.07) is 15.6. The number of benzene rings is 2. The molecule has 0 atom stereocenters. The number of nitrogens with zero attached hydrogens (tertiary/aromatic N) is 5. The fourth-order valence-corrected chi connectivity index (χ4v) is 3.74. The van der Waals surface area contributed by atoms with Crippen molar-refractivity contribution in [2.75, 3.05) is 5.43 Å². The number of pyridine rings is 1. The lowest BCUT2D eigenvalue weighted by Crippen LogP contribution is -2.35. The van der Waals surface area contributed by atoms with E-state index in [1.54, 1.807) is 36.4 Å². The van der Waals surface area contributed by atoms with Crippen LogP contribution in [0.5, 0.6) is 0 Å². The van der Waals surface area contributed by atoms with Gasteiger partial charge in [0.2, 0.25) is 0 Å². The molecule has 2 aromatic carbocycles. The van der Waals surface area contributed by atoms with Crippen LogP contribution in [0.2, 0.25) is 5.02 Å². The molecule has 11 nitrogen and oxygen atoms in total. The first kappa shape index (κ1) is 21.9. The Morgan fingerprint density at radius 3 is 2.69 bits per heavy atom. The Balaban J connectivity index is 1.76. The molecule has 5 aromatic rings. The molecular weight excluding hydrogens is 474 g/mol. The molecule has 2 N–H and O–H groups in total. The van der Waals surface area contributed by atoms with Crippen LogP contribution in [0.4, 0.5) is 5.69 Å². The molecule has 12 heteroatoms. The minimum absolute atomic E-state index is 0.0144. The molecule has 0 radical (unpaired) electrons. The van der Waals surface area contributed by atoms with Gasteiger partial charge in [0.25, 0.3) is 17.2 Å². The van der Waals surface area contributed by atoms with Crippen molar-refractivity contribution in [2.24, 2.45) is 0 Å². The molecule has 3 aromatic heterocycles. The number of aromatic nitrogens is 5. The number of carbonyl (C=O) groups is 1. The predicted octanol–water partition coefficient (Wildman–Crippen LogP) is 3.79. The van der Waals surface area contributed by atoms with Crippen molar-refractivity contribution in [1.82, 2.24) is 24.8 Å². The first-order valence-electron chi connectivity index (χ1n) is 10.2. The minimum atomic E-state index is -0.667. The normalized spacial score (nSPS) is 10.9. The Kier molecular flexibility index (Phi) is 5.51. The third kappa shape index (κ3) is 4.00. The zero-order chi connectivity index (χ0) is 24.5. The zero-order valence-electron chi connectivity index (χ0n) is 17.7. The maximum atomic E-state index is 13.5. The van der Waals surface area contributed by atoms with Gasteiger partial charge in [-0.05, 0) is 18.2 Å². The maximum Gasteiger partial charge on any atom is 0.298 e. The molecule has 1 amide bonds. The van der Waals surface area contributed by atoms with E-state index in [-0.39, 0.29) is 33.7 Å². The highest BCUT2D eigenvalue weighted by Gasteiger charge is 2.22. The van der Waals surface area contributed by atoms with Crippen LogP contribution in [-0.4, -0.2) is 35.7 Å². The summed E-state index contributed by atoms with van der Waals surface area (Å²) in [6.07, 6.45) is 2.84. The SMILES string of the molecule is O=C(Nn1c(-c2cccc([N+](=O)[O-])c2)nc2c(-c3ccccc3Cl)n[nH]c2c1=O)c1cccnc1. The summed E-state index contributed by atoms with van der Waals surface area (Å²) in [5.41, 5.74) is 3.13. The number of amides is 1. The van der Waals surface area contributed by atoms with Gasteiger partial charge in [0.1, 0.15) is 11.2 Å². The van der Waals surface area contributed by atoms with Crippen LogP contribution >= 0.6 is 11.6 Å². The van der Waals surface area contributed by atoms with Crippen LogP contribution < -0.4 is 11.0 Å². The van der Waals surface area contributed by atoms with Gasteiger partial charge in [0, 0.05) is 35.7 Å². The molecule has 0 saturated heterocycles. The summed E-state index contributed by atoms with van der Waals surface area (Å²) in [5.74, 6) is -0.656. The monoisotopic (exact) mass is 487 g/mol. The number of carbonyl (C=O) groups excluding carboxylic acids is 1. The summed E-state index contributed by atoms with van der Waals surface area (Å²) in [7, 11) is 0. The third-order valence-corrected chi connectivity index (χ3v) is 5.50. The second-order valence-corrected chi connectivity index (χ2v) is 7.75. The Hall–Kier alpha value is -4.90. The molecule has 0 unspecified atom stereocenters. The van der Waals surface area contributed by atoms with E-state index in [1.807, 2.05) is 0 Å². The van der Waals surface area contributed by atoms with Crippen molar-refractivity contribution in [3.8, 4) is 22.6 Å². The van der Waals surface area contributed by atoms with Crippen LogP contribution in [0, 0.1) is 10.1 Å². The van der Waals surface area contributed by atoms with Gasteiger partial charge in [0.05, 0.1) is 15.5 Å². The van der Waals surface area contributed by atoms with Crippen molar-refractivity contribution in [2.45, 2.75) is 0 Å². The van der Waals surface area contributed by atoms with E-state index in [4.69, 9.17) is 11.6 Å². The summed E-state index contributed by atoms with van der Waals surface area (Å²) < 4.78 is 0.922. The third-order valence-electron chi connectivity index (χ3n) is 5.17. The van der Waals surface area contributed by atoms with E-state index in [0.29, 0.717) is 16.3 Å². The smallest absolute Gasteiger partial charge is 0.270 e. The number of aromatic amines is 1. The lowest BCUT2D eigenvalue weighted by Gasteiger charge is -2.14. The van der Waals surface area contributed by atoms with Gasteiger partial charge in [-0.15, -0.1) is 0 Å². The van der Waals surface area contributed by atoms with E-state index in [1.165, 1.54) is 36.7 Å². The standard InChI is InChI=1S/C23H14ClN7O4/c24-17-9-2-1-8-16(17)18-19-20(28-27-18)23(33)30(29-22(32)14-6-4-10-25-12-14)21(26-19)13-5-3-7-15(11-13)31(34)35/h1-12H,(H,27,28)(H,29,32). The first-order chi connectivity index (χ1) is 16.9. The van der Waals surface area contributed by atoms with E-state index in [9.17, 15) is 19.7 Å². The molecule has 35 heavy (non-hydrogen) atoms. The Bertz CT molecular complexity index is 1660. The van der Waals surface area contributed by atoms with Gasteiger partial charge in [-0.25, -0.2) is 4.98 Å². The van der Waals surface area contributed by atoms with E-state index in [2.05, 4.69) is 25.6 Å². The second-order valence-electron chi connectivity index (χ2n) is 7.34. The second kappa shape index (κ2) is 8.80. The molecule has 0 aliphatic carbocycles. The van der Waals surface area contributed by atoms with Gasteiger partial charge < -0.3 is 0 Å². The van der Waals surface area contributed by atoms with Crippen LogP contribution in [0.15, 0.2) is 77.9 Å². The quantitative estimate of drug-likeness (QED) is 0.283. The maximum absolute atomic E-state index is 13.5. The molecule has 0 spiro atoms. The molecule has 0 aliphatic rings. The average molecular weight is 488 g/mol. The van der Waals surface area contributed by atoms with E-state index < -0.39 is 16.4 Å². The molecule has 3 heterocycles. The lowest BCUT2D eigenvalue weighted by atomic mass is 10.1. The van der Waals surface area contributed by atoms with Crippen molar-refractivity contribution in [3.05, 3.63) is 104 Å². The minimum Gasteiger partial charge on any atom is -0.270 e. The fraction of sp³-hybridized carbons (Fsp3) is 0. The number of hydrogen-bond donors (Lipinski definition) is 2. The topological polar surface area (TPSA) is 149 Å². The van der Waals surface area contributed by atoms with Crippen LogP contribution in [0.3, 0.4) is 0 Å². The number of H-pyrrole nitrogens is 1. The van der Waals surface area contributed by atoms with Crippen molar-refractivity contribution in [1.29, 1.82) is 0 Å². The first-order valence-corrected chi connectivity index (χ1v) is 10.5. The van der Waals surface area contributed by atoms with Crippen LogP contribution in [0.25, 0.3) is 33.7 Å². The molecule has 5 rings (SSSR count). The average Bonchev–Trinajstić information content (AvgIpc) is 3.30. The summed E-state index contributed by atoms with van der Waals surface area (Å²) in [4.78, 5) is 45.6. The fourth-order valence-electron chi connectivity index (χ4n) is 3.52. The van der Waals surface area contributed by atoms with Crippen LogP contribution in [0.1, 0.15) is 10.4 Å². The van der Waals surface area contributed by atoms with Crippen molar-refractivity contribution in [3.63, 3.8) is 0 Å². The number of non-ortho nitro benzene ring substituents is 1. The van der Waals surface area contributed by atoms with E-state index in [0.717, 1.165) is 4.68 Å². The van der Waals surface area contributed by atoms with E-state index >= 15 is 0 Å². The molecule has 0 fully saturated rings. The number of rotatable bonds is 5.